The van der Waals surface area contributed by atoms with E-state index >= 15 is 0 Å². The van der Waals surface area contributed by atoms with Crippen molar-refractivity contribution in [2.45, 2.75) is 33.2 Å². The molecule has 3 heteroatoms. The molecule has 0 saturated heterocycles. The SMILES string of the molecule is CCCNC(C)c1cnc(-c2ccccc2C)s1. The van der Waals surface area contributed by atoms with E-state index in [4.69, 9.17) is 0 Å². The Morgan fingerprint density at radius 2 is 2.11 bits per heavy atom. The van der Waals surface area contributed by atoms with E-state index in [0.717, 1.165) is 18.0 Å². The van der Waals surface area contributed by atoms with E-state index in [1.165, 1.54) is 16.0 Å². The van der Waals surface area contributed by atoms with Crippen LogP contribution in [0, 0.1) is 6.92 Å². The van der Waals surface area contributed by atoms with Crippen LogP contribution in [0.4, 0.5) is 0 Å². The van der Waals surface area contributed by atoms with Gasteiger partial charge in [-0.2, -0.15) is 0 Å². The predicted octanol–water partition coefficient (Wildman–Crippen LogP) is 4.18. The van der Waals surface area contributed by atoms with Crippen LogP contribution >= 0.6 is 11.3 Å². The molecule has 2 nitrogen and oxygen atoms in total. The van der Waals surface area contributed by atoms with E-state index in [1.807, 2.05) is 6.20 Å². The quantitative estimate of drug-likeness (QED) is 0.872. The smallest absolute Gasteiger partial charge is 0.123 e. The van der Waals surface area contributed by atoms with Crippen LogP contribution in [-0.2, 0) is 0 Å². The highest BCUT2D eigenvalue weighted by atomic mass is 32.1. The van der Waals surface area contributed by atoms with Crippen molar-refractivity contribution in [3.63, 3.8) is 0 Å². The van der Waals surface area contributed by atoms with Crippen molar-refractivity contribution in [1.82, 2.24) is 10.3 Å². The third-order valence-corrected chi connectivity index (χ3v) is 4.24. The fourth-order valence-electron chi connectivity index (χ4n) is 1.89. The maximum Gasteiger partial charge on any atom is 0.123 e. The molecule has 0 saturated carbocycles. The second kappa shape index (κ2) is 6.12. The number of aromatic nitrogens is 1. The van der Waals surface area contributed by atoms with Gasteiger partial charge in [-0.1, -0.05) is 31.2 Å². The van der Waals surface area contributed by atoms with Crippen LogP contribution in [0.3, 0.4) is 0 Å². The summed E-state index contributed by atoms with van der Waals surface area (Å²) in [6, 6.07) is 8.80. The Hall–Kier alpha value is -1.19. The van der Waals surface area contributed by atoms with Crippen molar-refractivity contribution in [3.8, 4) is 10.6 Å². The lowest BCUT2D eigenvalue weighted by atomic mass is 10.1. The van der Waals surface area contributed by atoms with Gasteiger partial charge in [-0.3, -0.25) is 0 Å². The maximum atomic E-state index is 4.55. The molecule has 1 heterocycles. The number of thiazole rings is 1. The molecule has 0 spiro atoms. The third kappa shape index (κ3) is 2.98. The molecule has 0 fully saturated rings. The normalized spacial score (nSPS) is 12.6. The lowest BCUT2D eigenvalue weighted by Gasteiger charge is -2.09. The van der Waals surface area contributed by atoms with Crippen molar-refractivity contribution < 1.29 is 0 Å². The van der Waals surface area contributed by atoms with Crippen LogP contribution in [0.1, 0.15) is 36.8 Å². The minimum absolute atomic E-state index is 0.389. The van der Waals surface area contributed by atoms with Crippen molar-refractivity contribution in [2.24, 2.45) is 0 Å². The van der Waals surface area contributed by atoms with Gasteiger partial charge in [-0.15, -0.1) is 11.3 Å². The van der Waals surface area contributed by atoms with Crippen LogP contribution in [0.15, 0.2) is 30.5 Å². The van der Waals surface area contributed by atoms with Crippen LogP contribution in [0.25, 0.3) is 10.6 Å². The first-order valence-corrected chi connectivity index (χ1v) is 7.29. The van der Waals surface area contributed by atoms with Crippen molar-refractivity contribution in [1.29, 1.82) is 0 Å². The first kappa shape index (κ1) is 13.2. The van der Waals surface area contributed by atoms with Gasteiger partial charge >= 0.3 is 0 Å². The number of hydrogen-bond donors (Lipinski definition) is 1. The summed E-state index contributed by atoms with van der Waals surface area (Å²) in [7, 11) is 0. The van der Waals surface area contributed by atoms with E-state index in [0.29, 0.717) is 6.04 Å². The summed E-state index contributed by atoms with van der Waals surface area (Å²) in [4.78, 5) is 5.86. The van der Waals surface area contributed by atoms with E-state index in [2.05, 4.69) is 55.3 Å². The van der Waals surface area contributed by atoms with Gasteiger partial charge in [-0.25, -0.2) is 4.98 Å². The molecule has 0 bridgehead atoms. The van der Waals surface area contributed by atoms with Crippen LogP contribution in [-0.4, -0.2) is 11.5 Å². The summed E-state index contributed by atoms with van der Waals surface area (Å²) in [5, 5.41) is 4.62. The summed E-state index contributed by atoms with van der Waals surface area (Å²) < 4.78 is 0. The highest BCUT2D eigenvalue weighted by Gasteiger charge is 2.11. The molecule has 0 aliphatic heterocycles. The van der Waals surface area contributed by atoms with E-state index in [1.54, 1.807) is 11.3 Å². The average molecular weight is 260 g/mol. The lowest BCUT2D eigenvalue weighted by Crippen LogP contribution is -2.18. The molecule has 1 aromatic carbocycles. The third-order valence-electron chi connectivity index (χ3n) is 3.03. The minimum Gasteiger partial charge on any atom is -0.309 e. The Morgan fingerprint density at radius 1 is 1.33 bits per heavy atom. The van der Waals surface area contributed by atoms with E-state index in [9.17, 15) is 0 Å². The van der Waals surface area contributed by atoms with Crippen molar-refractivity contribution in [2.75, 3.05) is 6.54 Å². The Balaban J connectivity index is 2.18. The van der Waals surface area contributed by atoms with Gasteiger partial charge in [0.25, 0.3) is 0 Å². The zero-order valence-electron chi connectivity index (χ0n) is 11.2. The largest absolute Gasteiger partial charge is 0.309 e. The summed E-state index contributed by atoms with van der Waals surface area (Å²) in [6.45, 7) is 7.57. The molecule has 1 unspecified atom stereocenters. The first-order valence-electron chi connectivity index (χ1n) is 6.47. The molecule has 18 heavy (non-hydrogen) atoms. The van der Waals surface area contributed by atoms with Crippen LogP contribution < -0.4 is 5.32 Å². The van der Waals surface area contributed by atoms with Crippen LogP contribution in [0.5, 0.6) is 0 Å². The molecule has 96 valence electrons. The standard InChI is InChI=1S/C15H20N2S/c1-4-9-16-12(3)14-10-17-15(18-14)13-8-6-5-7-11(13)2/h5-8,10,12,16H,4,9H2,1-3H3. The molecule has 0 aliphatic rings. The number of nitrogens with zero attached hydrogens (tertiary/aromatic N) is 1. The molecule has 2 aromatic rings. The van der Waals surface area contributed by atoms with Crippen LogP contribution in [0.2, 0.25) is 0 Å². The highest BCUT2D eigenvalue weighted by Crippen LogP contribution is 2.30. The number of nitrogens with one attached hydrogen (secondary N) is 1. The molecule has 1 aromatic heterocycles. The van der Waals surface area contributed by atoms with Gasteiger partial charge in [0.2, 0.25) is 0 Å². The predicted molar refractivity (Wildman–Crippen MR) is 79.0 cm³/mol. The summed E-state index contributed by atoms with van der Waals surface area (Å²) in [5.41, 5.74) is 2.53. The second-order valence-corrected chi connectivity index (χ2v) is 5.62. The van der Waals surface area contributed by atoms with Gasteiger partial charge in [-0.05, 0) is 32.4 Å². The molecular formula is C15H20N2S. The van der Waals surface area contributed by atoms with Crippen molar-refractivity contribution in [3.05, 3.63) is 40.9 Å². The van der Waals surface area contributed by atoms with Gasteiger partial charge in [0.15, 0.2) is 0 Å². The first-order chi connectivity index (χ1) is 8.72. The average Bonchev–Trinajstić information content (AvgIpc) is 2.86. The molecule has 0 radical (unpaired) electrons. The fraction of sp³-hybridized carbons (Fsp3) is 0.400. The summed E-state index contributed by atoms with van der Waals surface area (Å²) >= 11 is 1.79. The molecule has 0 amide bonds. The lowest BCUT2D eigenvalue weighted by molar-refractivity contribution is 0.577. The highest BCUT2D eigenvalue weighted by molar-refractivity contribution is 7.15. The minimum atomic E-state index is 0.389. The number of rotatable bonds is 5. The Bertz CT molecular complexity index is 505. The zero-order valence-corrected chi connectivity index (χ0v) is 12.1. The molecule has 2 rings (SSSR count). The Kier molecular flexibility index (Phi) is 4.50. The Labute approximate surface area is 113 Å². The van der Waals surface area contributed by atoms with Gasteiger partial charge in [0, 0.05) is 22.7 Å². The monoisotopic (exact) mass is 260 g/mol. The zero-order chi connectivity index (χ0) is 13.0. The summed E-state index contributed by atoms with van der Waals surface area (Å²) in [5.74, 6) is 0. The fourth-order valence-corrected chi connectivity index (χ4v) is 2.92. The van der Waals surface area contributed by atoms with Gasteiger partial charge in [0.05, 0.1) is 0 Å². The molecule has 1 N–H and O–H groups in total. The molecular weight excluding hydrogens is 240 g/mol. The molecule has 0 aliphatic carbocycles. The van der Waals surface area contributed by atoms with E-state index < -0.39 is 0 Å². The number of hydrogen-bond acceptors (Lipinski definition) is 3. The van der Waals surface area contributed by atoms with Crippen molar-refractivity contribution >= 4 is 11.3 Å². The summed E-state index contributed by atoms with van der Waals surface area (Å²) in [6.07, 6.45) is 3.16. The van der Waals surface area contributed by atoms with Gasteiger partial charge < -0.3 is 5.32 Å². The topological polar surface area (TPSA) is 24.9 Å². The van der Waals surface area contributed by atoms with Gasteiger partial charge in [0.1, 0.15) is 5.01 Å². The number of aryl methyl sites for hydroxylation is 1. The second-order valence-electron chi connectivity index (χ2n) is 4.56. The maximum absolute atomic E-state index is 4.55. The molecule has 1 atom stereocenters. The Morgan fingerprint density at radius 3 is 2.83 bits per heavy atom. The number of benzene rings is 1. The van der Waals surface area contributed by atoms with E-state index in [-0.39, 0.29) is 0 Å².